The fourth-order valence-electron chi connectivity index (χ4n) is 3.47. The molecule has 0 aliphatic heterocycles. The first-order valence-electron chi connectivity index (χ1n) is 10.4. The van der Waals surface area contributed by atoms with E-state index < -0.39 is 0 Å². The van der Waals surface area contributed by atoms with Crippen molar-refractivity contribution in [1.29, 1.82) is 0 Å². The third kappa shape index (κ3) is 6.23. The van der Waals surface area contributed by atoms with Crippen LogP contribution in [0, 0.1) is 0 Å². The average Bonchev–Trinajstić information content (AvgIpc) is 3.24. The van der Waals surface area contributed by atoms with E-state index in [1.807, 2.05) is 48.5 Å². The molecule has 0 amide bonds. The van der Waals surface area contributed by atoms with Crippen molar-refractivity contribution in [1.82, 2.24) is 20.6 Å². The van der Waals surface area contributed by atoms with Crippen LogP contribution < -0.4 is 15.4 Å². The molecular formula is C25H28IN5O. The lowest BCUT2D eigenvalue weighted by Gasteiger charge is -2.14. The highest BCUT2D eigenvalue weighted by atomic mass is 127. The van der Waals surface area contributed by atoms with Crippen molar-refractivity contribution in [2.24, 2.45) is 4.99 Å². The van der Waals surface area contributed by atoms with Crippen LogP contribution in [-0.4, -0.2) is 29.5 Å². The Bertz CT molecular complexity index is 1140. The van der Waals surface area contributed by atoms with Crippen molar-refractivity contribution in [3.05, 3.63) is 95.8 Å². The molecule has 4 aromatic rings. The monoisotopic (exact) mass is 541 g/mol. The molecule has 0 aliphatic rings. The molecule has 2 aromatic carbocycles. The topological polar surface area (TPSA) is 74.3 Å². The Morgan fingerprint density at radius 3 is 2.62 bits per heavy atom. The first-order valence-corrected chi connectivity index (χ1v) is 10.4. The van der Waals surface area contributed by atoms with Gasteiger partial charge in [0, 0.05) is 49.0 Å². The molecule has 0 fully saturated rings. The minimum atomic E-state index is 0. The molecule has 0 spiro atoms. The summed E-state index contributed by atoms with van der Waals surface area (Å²) in [7, 11) is 1.77. The summed E-state index contributed by atoms with van der Waals surface area (Å²) < 4.78 is 5.95. The van der Waals surface area contributed by atoms with Gasteiger partial charge in [-0.1, -0.05) is 54.6 Å². The van der Waals surface area contributed by atoms with Crippen LogP contribution in [0.25, 0.3) is 10.9 Å². The van der Waals surface area contributed by atoms with E-state index in [0.29, 0.717) is 19.0 Å². The fourth-order valence-corrected chi connectivity index (χ4v) is 3.47. The van der Waals surface area contributed by atoms with Gasteiger partial charge in [-0.15, -0.1) is 24.0 Å². The summed E-state index contributed by atoms with van der Waals surface area (Å²) in [6.45, 7) is 1.85. The van der Waals surface area contributed by atoms with Gasteiger partial charge < -0.3 is 20.4 Å². The summed E-state index contributed by atoms with van der Waals surface area (Å²) >= 11 is 0. The number of guanidine groups is 1. The number of para-hydroxylation sites is 1. The number of fused-ring (bicyclic) bond motifs is 1. The molecule has 0 radical (unpaired) electrons. The Kier molecular flexibility index (Phi) is 8.91. The SMILES string of the molecule is CN=C(NCCc1c[nH]c2ccccc12)NCc1cccnc1OCc1ccccc1.I. The number of H-pyrrole nitrogens is 1. The lowest BCUT2D eigenvalue weighted by Crippen LogP contribution is -2.37. The molecule has 3 N–H and O–H groups in total. The first kappa shape index (κ1) is 23.6. The van der Waals surface area contributed by atoms with E-state index in [-0.39, 0.29) is 24.0 Å². The normalized spacial score (nSPS) is 11.1. The zero-order valence-electron chi connectivity index (χ0n) is 18.0. The number of halogens is 1. The number of hydrogen-bond acceptors (Lipinski definition) is 3. The van der Waals surface area contributed by atoms with Crippen molar-refractivity contribution in [3.8, 4) is 5.88 Å². The Labute approximate surface area is 205 Å². The molecule has 2 heterocycles. The number of aromatic amines is 1. The van der Waals surface area contributed by atoms with Crippen LogP contribution in [0.4, 0.5) is 0 Å². The number of pyridine rings is 1. The minimum absolute atomic E-state index is 0. The van der Waals surface area contributed by atoms with Crippen LogP contribution in [0.5, 0.6) is 5.88 Å². The molecular weight excluding hydrogens is 513 g/mol. The van der Waals surface area contributed by atoms with Gasteiger partial charge >= 0.3 is 0 Å². The quantitative estimate of drug-likeness (QED) is 0.172. The van der Waals surface area contributed by atoms with Crippen molar-refractivity contribution in [2.75, 3.05) is 13.6 Å². The summed E-state index contributed by atoms with van der Waals surface area (Å²) in [5.74, 6) is 1.38. The molecule has 2 aromatic heterocycles. The second kappa shape index (κ2) is 12.1. The number of nitrogens with zero attached hydrogens (tertiary/aromatic N) is 2. The van der Waals surface area contributed by atoms with Crippen LogP contribution in [-0.2, 0) is 19.6 Å². The summed E-state index contributed by atoms with van der Waals surface area (Å²) in [5.41, 5.74) is 4.56. The number of aliphatic imine (C=N–C) groups is 1. The van der Waals surface area contributed by atoms with Crippen LogP contribution in [0.2, 0.25) is 0 Å². The van der Waals surface area contributed by atoms with E-state index in [9.17, 15) is 0 Å². The summed E-state index contributed by atoms with van der Waals surface area (Å²) in [5, 5.41) is 8.00. The maximum absolute atomic E-state index is 5.95. The van der Waals surface area contributed by atoms with Gasteiger partial charge in [0.2, 0.25) is 5.88 Å². The molecule has 4 rings (SSSR count). The van der Waals surface area contributed by atoms with E-state index in [0.717, 1.165) is 30.1 Å². The first-order chi connectivity index (χ1) is 15.3. The standard InChI is InChI=1S/C25H27N5O.HI/c1-26-25(28-15-13-20-16-29-23-12-6-5-11-22(20)23)30-17-21-10-7-14-27-24(21)31-18-19-8-3-2-4-9-19;/h2-12,14,16,29H,13,15,17-18H2,1H3,(H2,26,28,30);1H. The summed E-state index contributed by atoms with van der Waals surface area (Å²) in [4.78, 5) is 12.1. The largest absolute Gasteiger partial charge is 0.473 e. The second-order valence-electron chi connectivity index (χ2n) is 7.20. The fraction of sp³-hybridized carbons (Fsp3) is 0.200. The molecule has 0 saturated heterocycles. The lowest BCUT2D eigenvalue weighted by atomic mass is 10.1. The van der Waals surface area contributed by atoms with Crippen LogP contribution in [0.15, 0.2) is 84.1 Å². The molecule has 6 nitrogen and oxygen atoms in total. The number of aromatic nitrogens is 2. The highest BCUT2D eigenvalue weighted by molar-refractivity contribution is 14.0. The van der Waals surface area contributed by atoms with Gasteiger partial charge in [0.1, 0.15) is 6.61 Å². The van der Waals surface area contributed by atoms with Crippen LogP contribution in [0.3, 0.4) is 0 Å². The van der Waals surface area contributed by atoms with Gasteiger partial charge in [-0.05, 0) is 29.7 Å². The van der Waals surface area contributed by atoms with Gasteiger partial charge in [-0.3, -0.25) is 4.99 Å². The number of hydrogen-bond donors (Lipinski definition) is 3. The smallest absolute Gasteiger partial charge is 0.218 e. The van der Waals surface area contributed by atoms with Crippen molar-refractivity contribution < 1.29 is 4.74 Å². The molecule has 7 heteroatoms. The van der Waals surface area contributed by atoms with Gasteiger partial charge in [0.15, 0.2) is 5.96 Å². The second-order valence-corrected chi connectivity index (χ2v) is 7.20. The van der Waals surface area contributed by atoms with Gasteiger partial charge in [0.05, 0.1) is 0 Å². The molecule has 32 heavy (non-hydrogen) atoms. The highest BCUT2D eigenvalue weighted by Gasteiger charge is 2.07. The van der Waals surface area contributed by atoms with E-state index in [1.54, 1.807) is 13.2 Å². The number of nitrogens with one attached hydrogen (secondary N) is 3. The lowest BCUT2D eigenvalue weighted by molar-refractivity contribution is 0.290. The maximum atomic E-state index is 5.95. The number of benzene rings is 2. The van der Waals surface area contributed by atoms with E-state index in [1.165, 1.54) is 16.5 Å². The number of rotatable bonds is 8. The van der Waals surface area contributed by atoms with Crippen molar-refractivity contribution in [3.63, 3.8) is 0 Å². The predicted molar refractivity (Wildman–Crippen MR) is 141 cm³/mol. The van der Waals surface area contributed by atoms with Gasteiger partial charge in [-0.2, -0.15) is 0 Å². The van der Waals surface area contributed by atoms with Crippen molar-refractivity contribution in [2.45, 2.75) is 19.6 Å². The van der Waals surface area contributed by atoms with Gasteiger partial charge in [0.25, 0.3) is 0 Å². The third-order valence-electron chi connectivity index (χ3n) is 5.10. The van der Waals surface area contributed by atoms with E-state index in [4.69, 9.17) is 4.74 Å². The Balaban J connectivity index is 0.00000289. The predicted octanol–water partition coefficient (Wildman–Crippen LogP) is 4.67. The molecule has 0 bridgehead atoms. The maximum Gasteiger partial charge on any atom is 0.218 e. The zero-order chi connectivity index (χ0) is 21.3. The van der Waals surface area contributed by atoms with E-state index >= 15 is 0 Å². The molecule has 166 valence electrons. The summed E-state index contributed by atoms with van der Waals surface area (Å²) in [6.07, 6.45) is 4.73. The average molecular weight is 541 g/mol. The molecule has 0 atom stereocenters. The Hall–Kier alpha value is -3.07. The van der Waals surface area contributed by atoms with Crippen LogP contribution >= 0.6 is 24.0 Å². The highest BCUT2D eigenvalue weighted by Crippen LogP contribution is 2.18. The van der Waals surface area contributed by atoms with E-state index in [2.05, 4.69) is 50.0 Å². The Morgan fingerprint density at radius 1 is 0.969 bits per heavy atom. The Morgan fingerprint density at radius 2 is 1.78 bits per heavy atom. The van der Waals surface area contributed by atoms with Gasteiger partial charge in [-0.25, -0.2) is 4.98 Å². The molecule has 0 saturated carbocycles. The van der Waals surface area contributed by atoms with Crippen LogP contribution in [0.1, 0.15) is 16.7 Å². The minimum Gasteiger partial charge on any atom is -0.473 e. The third-order valence-corrected chi connectivity index (χ3v) is 5.10. The number of ether oxygens (including phenoxy) is 1. The molecule has 0 unspecified atom stereocenters. The molecule has 0 aliphatic carbocycles. The summed E-state index contributed by atoms with van der Waals surface area (Å²) in [6, 6.07) is 22.4. The zero-order valence-corrected chi connectivity index (χ0v) is 20.4. The van der Waals surface area contributed by atoms with Crippen molar-refractivity contribution >= 4 is 40.8 Å².